The van der Waals surface area contributed by atoms with Gasteiger partial charge in [0.15, 0.2) is 11.5 Å². The number of carbonyl (C=O) groups excluding carboxylic acids is 1. The van der Waals surface area contributed by atoms with Crippen molar-refractivity contribution in [1.82, 2.24) is 0 Å². The maximum Gasteiger partial charge on any atom is 0.248 e. The van der Waals surface area contributed by atoms with Gasteiger partial charge in [0.1, 0.15) is 0 Å². The van der Waals surface area contributed by atoms with Crippen molar-refractivity contribution >= 4 is 5.91 Å². The minimum Gasteiger partial charge on any atom is -0.451 e. The standard InChI is InChI=1S/C14H17NO3/c15-13(16)10-6-7-11-12(8-10)18-14(17-11)9-4-2-1-3-5-9/h6-9,14H,1-5H2,(H2,15,16). The number of hydrogen-bond acceptors (Lipinski definition) is 3. The van der Waals surface area contributed by atoms with Crippen molar-refractivity contribution in [1.29, 1.82) is 0 Å². The monoisotopic (exact) mass is 247 g/mol. The summed E-state index contributed by atoms with van der Waals surface area (Å²) < 4.78 is 11.6. The van der Waals surface area contributed by atoms with Crippen LogP contribution in [0.25, 0.3) is 0 Å². The van der Waals surface area contributed by atoms with Gasteiger partial charge in [-0.15, -0.1) is 0 Å². The highest BCUT2D eigenvalue weighted by Gasteiger charge is 2.33. The number of carbonyl (C=O) groups is 1. The maximum atomic E-state index is 11.1. The fraction of sp³-hybridized carbons (Fsp3) is 0.500. The Morgan fingerprint density at radius 3 is 2.56 bits per heavy atom. The number of hydrogen-bond donors (Lipinski definition) is 1. The third-order valence-electron chi connectivity index (χ3n) is 3.75. The number of primary amides is 1. The number of fused-ring (bicyclic) bond motifs is 1. The third-order valence-corrected chi connectivity index (χ3v) is 3.75. The molecule has 0 radical (unpaired) electrons. The molecule has 1 heterocycles. The van der Waals surface area contributed by atoms with E-state index in [0.717, 1.165) is 18.6 Å². The van der Waals surface area contributed by atoms with Crippen molar-refractivity contribution in [2.24, 2.45) is 11.7 Å². The lowest BCUT2D eigenvalue weighted by Gasteiger charge is -2.25. The van der Waals surface area contributed by atoms with E-state index >= 15 is 0 Å². The first-order valence-electron chi connectivity index (χ1n) is 6.51. The van der Waals surface area contributed by atoms with Crippen LogP contribution in [0.2, 0.25) is 0 Å². The van der Waals surface area contributed by atoms with E-state index in [1.165, 1.54) is 19.3 Å². The van der Waals surface area contributed by atoms with Crippen LogP contribution in [0.1, 0.15) is 42.5 Å². The summed E-state index contributed by atoms with van der Waals surface area (Å²) in [7, 11) is 0. The fourth-order valence-electron chi connectivity index (χ4n) is 2.72. The van der Waals surface area contributed by atoms with Gasteiger partial charge in [0, 0.05) is 11.5 Å². The van der Waals surface area contributed by atoms with E-state index in [1.54, 1.807) is 18.2 Å². The molecule has 1 unspecified atom stereocenters. The summed E-state index contributed by atoms with van der Waals surface area (Å²) >= 11 is 0. The molecule has 1 aliphatic carbocycles. The molecule has 3 rings (SSSR count). The Morgan fingerprint density at radius 2 is 1.83 bits per heavy atom. The zero-order valence-electron chi connectivity index (χ0n) is 10.2. The fourth-order valence-corrected chi connectivity index (χ4v) is 2.72. The highest BCUT2D eigenvalue weighted by molar-refractivity contribution is 5.93. The van der Waals surface area contributed by atoms with E-state index in [2.05, 4.69) is 0 Å². The number of nitrogens with two attached hydrogens (primary N) is 1. The van der Waals surface area contributed by atoms with Crippen LogP contribution in [0.15, 0.2) is 18.2 Å². The first kappa shape index (κ1) is 11.4. The van der Waals surface area contributed by atoms with E-state index in [1.807, 2.05) is 0 Å². The molecule has 1 atom stereocenters. The summed E-state index contributed by atoms with van der Waals surface area (Å²) in [5, 5.41) is 0. The molecule has 1 amide bonds. The Kier molecular flexibility index (Phi) is 2.86. The van der Waals surface area contributed by atoms with Crippen molar-refractivity contribution in [2.45, 2.75) is 38.4 Å². The van der Waals surface area contributed by atoms with Gasteiger partial charge in [-0.1, -0.05) is 19.3 Å². The Hall–Kier alpha value is -1.71. The van der Waals surface area contributed by atoms with Gasteiger partial charge < -0.3 is 15.2 Å². The molecule has 2 aliphatic rings. The van der Waals surface area contributed by atoms with Crippen LogP contribution in [-0.4, -0.2) is 12.2 Å². The predicted molar refractivity (Wildman–Crippen MR) is 66.6 cm³/mol. The lowest BCUT2D eigenvalue weighted by molar-refractivity contribution is -0.0174. The summed E-state index contributed by atoms with van der Waals surface area (Å²) in [6, 6.07) is 5.10. The molecule has 1 fully saturated rings. The average Bonchev–Trinajstić information content (AvgIpc) is 2.82. The molecule has 0 bridgehead atoms. The lowest BCUT2D eigenvalue weighted by atomic mass is 9.89. The van der Waals surface area contributed by atoms with Crippen LogP contribution in [-0.2, 0) is 0 Å². The summed E-state index contributed by atoms with van der Waals surface area (Å²) in [4.78, 5) is 11.1. The van der Waals surface area contributed by atoms with Gasteiger partial charge in [-0.3, -0.25) is 4.79 Å². The Balaban J connectivity index is 1.76. The van der Waals surface area contributed by atoms with E-state index in [-0.39, 0.29) is 6.29 Å². The molecule has 2 N–H and O–H groups in total. The van der Waals surface area contributed by atoms with Crippen molar-refractivity contribution < 1.29 is 14.3 Å². The number of ether oxygens (including phenoxy) is 2. The van der Waals surface area contributed by atoms with Gasteiger partial charge in [0.2, 0.25) is 12.2 Å². The van der Waals surface area contributed by atoms with Gasteiger partial charge in [-0.2, -0.15) is 0 Å². The third kappa shape index (κ3) is 2.03. The highest BCUT2D eigenvalue weighted by Crippen LogP contribution is 2.40. The van der Waals surface area contributed by atoms with Crippen LogP contribution >= 0.6 is 0 Å². The summed E-state index contributed by atoms with van der Waals surface area (Å²) in [6.45, 7) is 0. The lowest BCUT2D eigenvalue weighted by Crippen LogP contribution is -2.30. The minimum atomic E-state index is -0.442. The molecule has 0 spiro atoms. The van der Waals surface area contributed by atoms with Crippen LogP contribution in [0.5, 0.6) is 11.5 Å². The zero-order valence-corrected chi connectivity index (χ0v) is 10.2. The second-order valence-electron chi connectivity index (χ2n) is 5.03. The Morgan fingerprint density at radius 1 is 1.11 bits per heavy atom. The topological polar surface area (TPSA) is 61.6 Å². The van der Waals surface area contributed by atoms with E-state index < -0.39 is 5.91 Å². The molecule has 4 heteroatoms. The van der Waals surface area contributed by atoms with Crippen LogP contribution in [0, 0.1) is 5.92 Å². The molecule has 18 heavy (non-hydrogen) atoms. The highest BCUT2D eigenvalue weighted by atomic mass is 16.7. The first-order chi connectivity index (χ1) is 8.74. The van der Waals surface area contributed by atoms with Gasteiger partial charge in [0.25, 0.3) is 0 Å². The molecular weight excluding hydrogens is 230 g/mol. The summed E-state index contributed by atoms with van der Waals surface area (Å²) in [5.41, 5.74) is 5.71. The van der Waals surface area contributed by atoms with Gasteiger partial charge in [-0.05, 0) is 31.0 Å². The smallest absolute Gasteiger partial charge is 0.248 e. The largest absolute Gasteiger partial charge is 0.451 e. The minimum absolute atomic E-state index is 0.191. The summed E-state index contributed by atoms with van der Waals surface area (Å²) in [5.74, 6) is 1.38. The van der Waals surface area contributed by atoms with Gasteiger partial charge >= 0.3 is 0 Å². The Bertz CT molecular complexity index is 466. The first-order valence-corrected chi connectivity index (χ1v) is 6.51. The molecule has 4 nitrogen and oxygen atoms in total. The van der Waals surface area contributed by atoms with E-state index in [0.29, 0.717) is 17.2 Å². The Labute approximate surface area is 106 Å². The molecule has 1 aliphatic heterocycles. The van der Waals surface area contributed by atoms with Crippen LogP contribution < -0.4 is 15.2 Å². The maximum absolute atomic E-state index is 11.1. The molecule has 96 valence electrons. The van der Waals surface area contributed by atoms with Crippen molar-refractivity contribution in [3.8, 4) is 11.5 Å². The van der Waals surface area contributed by atoms with Crippen LogP contribution in [0.3, 0.4) is 0 Å². The van der Waals surface area contributed by atoms with Crippen molar-refractivity contribution in [3.05, 3.63) is 23.8 Å². The second kappa shape index (κ2) is 4.52. The quantitative estimate of drug-likeness (QED) is 0.873. The van der Waals surface area contributed by atoms with E-state index in [4.69, 9.17) is 15.2 Å². The second-order valence-corrected chi connectivity index (χ2v) is 5.03. The average molecular weight is 247 g/mol. The molecule has 0 aromatic heterocycles. The zero-order chi connectivity index (χ0) is 12.5. The molecule has 1 aromatic carbocycles. The molecule has 0 saturated heterocycles. The number of amides is 1. The van der Waals surface area contributed by atoms with Crippen molar-refractivity contribution in [3.63, 3.8) is 0 Å². The van der Waals surface area contributed by atoms with Crippen molar-refractivity contribution in [2.75, 3.05) is 0 Å². The number of benzene rings is 1. The van der Waals surface area contributed by atoms with Gasteiger partial charge in [-0.25, -0.2) is 0 Å². The normalized spacial score (nSPS) is 23.0. The summed E-state index contributed by atoms with van der Waals surface area (Å²) in [6.07, 6.45) is 5.92. The molecular formula is C14H17NO3. The SMILES string of the molecule is NC(=O)c1ccc2c(c1)OC(C1CCCCC1)O2. The van der Waals surface area contributed by atoms with Crippen LogP contribution in [0.4, 0.5) is 0 Å². The van der Waals surface area contributed by atoms with E-state index in [9.17, 15) is 4.79 Å². The molecule has 1 saturated carbocycles. The van der Waals surface area contributed by atoms with Gasteiger partial charge in [0.05, 0.1) is 0 Å². The molecule has 1 aromatic rings. The number of rotatable bonds is 2. The predicted octanol–water partition coefficient (Wildman–Crippen LogP) is 2.46.